The van der Waals surface area contributed by atoms with E-state index >= 15 is 0 Å². The van der Waals surface area contributed by atoms with Crippen molar-refractivity contribution < 1.29 is 4.74 Å². The Morgan fingerprint density at radius 3 is 2.53 bits per heavy atom. The topological polar surface area (TPSA) is 21.3 Å². The second kappa shape index (κ2) is 7.24. The summed E-state index contributed by atoms with van der Waals surface area (Å²) in [7, 11) is 1.79. The minimum Gasteiger partial charge on any atom is -0.385 e. The summed E-state index contributed by atoms with van der Waals surface area (Å²) in [6.45, 7) is 6.82. The summed E-state index contributed by atoms with van der Waals surface area (Å²) >= 11 is 0. The summed E-state index contributed by atoms with van der Waals surface area (Å²) in [5, 5.41) is 3.65. The van der Waals surface area contributed by atoms with Crippen LogP contribution in [0.2, 0.25) is 0 Å². The van der Waals surface area contributed by atoms with E-state index in [1.165, 1.54) is 38.6 Å². The van der Waals surface area contributed by atoms with Gasteiger partial charge in [0.2, 0.25) is 0 Å². The molecule has 90 valence electrons. The molecule has 1 aliphatic rings. The third kappa shape index (κ3) is 6.16. The van der Waals surface area contributed by atoms with Crippen LogP contribution in [-0.4, -0.2) is 26.3 Å². The zero-order valence-electron chi connectivity index (χ0n) is 10.6. The second-order valence-corrected chi connectivity index (χ2v) is 5.18. The van der Waals surface area contributed by atoms with Gasteiger partial charge in [0, 0.05) is 19.8 Å². The van der Waals surface area contributed by atoms with Gasteiger partial charge in [0.25, 0.3) is 0 Å². The van der Waals surface area contributed by atoms with E-state index in [-0.39, 0.29) is 0 Å². The standard InChI is InChI=1S/C13H27NO/c1-11(2)12(6-4-5-9-15-3)10-14-13-7-8-13/h11-14H,4-10H2,1-3H3. The van der Waals surface area contributed by atoms with Gasteiger partial charge in [-0.2, -0.15) is 0 Å². The van der Waals surface area contributed by atoms with E-state index in [9.17, 15) is 0 Å². The van der Waals surface area contributed by atoms with Crippen molar-refractivity contribution in [3.05, 3.63) is 0 Å². The highest BCUT2D eigenvalue weighted by Gasteiger charge is 2.22. The Bertz CT molecular complexity index is 155. The zero-order valence-corrected chi connectivity index (χ0v) is 10.6. The molecule has 0 aromatic heterocycles. The molecule has 0 aromatic carbocycles. The summed E-state index contributed by atoms with van der Waals surface area (Å²) in [6.07, 6.45) is 6.66. The number of hydrogen-bond acceptors (Lipinski definition) is 2. The predicted octanol–water partition coefficient (Wildman–Crippen LogP) is 2.83. The van der Waals surface area contributed by atoms with Gasteiger partial charge in [0.05, 0.1) is 0 Å². The molecular formula is C13H27NO. The van der Waals surface area contributed by atoms with Crippen molar-refractivity contribution in [3.8, 4) is 0 Å². The van der Waals surface area contributed by atoms with Gasteiger partial charge in [-0.15, -0.1) is 0 Å². The van der Waals surface area contributed by atoms with Crippen LogP contribution < -0.4 is 5.32 Å². The predicted molar refractivity (Wildman–Crippen MR) is 65.1 cm³/mol. The van der Waals surface area contributed by atoms with Crippen molar-refractivity contribution in [1.82, 2.24) is 5.32 Å². The molecule has 0 amide bonds. The van der Waals surface area contributed by atoms with Gasteiger partial charge >= 0.3 is 0 Å². The first kappa shape index (κ1) is 13.0. The van der Waals surface area contributed by atoms with Crippen molar-refractivity contribution >= 4 is 0 Å². The lowest BCUT2D eigenvalue weighted by Crippen LogP contribution is -2.27. The van der Waals surface area contributed by atoms with Crippen LogP contribution in [0.4, 0.5) is 0 Å². The monoisotopic (exact) mass is 213 g/mol. The number of unbranched alkanes of at least 4 members (excludes halogenated alkanes) is 1. The lowest BCUT2D eigenvalue weighted by molar-refractivity contribution is 0.188. The van der Waals surface area contributed by atoms with Gasteiger partial charge in [-0.05, 0) is 44.1 Å². The quantitative estimate of drug-likeness (QED) is 0.595. The van der Waals surface area contributed by atoms with Crippen LogP contribution in [0.15, 0.2) is 0 Å². The number of ether oxygens (including phenoxy) is 1. The van der Waals surface area contributed by atoms with Gasteiger partial charge in [-0.25, -0.2) is 0 Å². The van der Waals surface area contributed by atoms with Gasteiger partial charge < -0.3 is 10.1 Å². The highest BCUT2D eigenvalue weighted by molar-refractivity contribution is 4.82. The van der Waals surface area contributed by atoms with Gasteiger partial charge in [-0.1, -0.05) is 20.3 Å². The Morgan fingerprint density at radius 1 is 1.27 bits per heavy atom. The van der Waals surface area contributed by atoms with Crippen molar-refractivity contribution in [1.29, 1.82) is 0 Å². The van der Waals surface area contributed by atoms with Crippen LogP contribution in [0.5, 0.6) is 0 Å². The van der Waals surface area contributed by atoms with Crippen LogP contribution in [0.3, 0.4) is 0 Å². The SMILES string of the molecule is COCCCCC(CNC1CC1)C(C)C. The molecule has 1 aliphatic carbocycles. The Morgan fingerprint density at radius 2 is 2.00 bits per heavy atom. The third-order valence-electron chi connectivity index (χ3n) is 3.36. The molecule has 0 aliphatic heterocycles. The number of hydrogen-bond donors (Lipinski definition) is 1. The maximum absolute atomic E-state index is 5.08. The molecule has 2 nitrogen and oxygen atoms in total. The molecule has 0 saturated heterocycles. The van der Waals surface area contributed by atoms with Crippen LogP contribution in [0.25, 0.3) is 0 Å². The molecule has 0 bridgehead atoms. The summed E-state index contributed by atoms with van der Waals surface area (Å²) in [6, 6.07) is 0.852. The number of methoxy groups -OCH3 is 1. The minimum atomic E-state index is 0.804. The minimum absolute atomic E-state index is 0.804. The second-order valence-electron chi connectivity index (χ2n) is 5.18. The van der Waals surface area contributed by atoms with Gasteiger partial charge in [0.1, 0.15) is 0 Å². The maximum atomic E-state index is 5.08. The maximum Gasteiger partial charge on any atom is 0.0462 e. The molecule has 1 N–H and O–H groups in total. The first-order valence-electron chi connectivity index (χ1n) is 6.46. The first-order chi connectivity index (χ1) is 7.24. The summed E-state index contributed by atoms with van der Waals surface area (Å²) < 4.78 is 5.08. The van der Waals surface area contributed by atoms with Gasteiger partial charge in [-0.3, -0.25) is 0 Å². The highest BCUT2D eigenvalue weighted by Crippen LogP contribution is 2.22. The lowest BCUT2D eigenvalue weighted by atomic mass is 9.90. The molecule has 1 atom stereocenters. The normalized spacial score (nSPS) is 18.4. The molecule has 0 heterocycles. The Kier molecular flexibility index (Phi) is 6.26. The highest BCUT2D eigenvalue weighted by atomic mass is 16.5. The Labute approximate surface area is 94.8 Å². The molecule has 0 spiro atoms. The molecular weight excluding hydrogens is 186 g/mol. The van der Waals surface area contributed by atoms with Crippen molar-refractivity contribution in [2.24, 2.45) is 11.8 Å². The fraction of sp³-hybridized carbons (Fsp3) is 1.00. The third-order valence-corrected chi connectivity index (χ3v) is 3.36. The summed E-state index contributed by atoms with van der Waals surface area (Å²) in [5.41, 5.74) is 0. The van der Waals surface area contributed by atoms with E-state index in [0.717, 1.165) is 24.5 Å². The van der Waals surface area contributed by atoms with Crippen molar-refractivity contribution in [2.75, 3.05) is 20.3 Å². The molecule has 0 radical (unpaired) electrons. The molecule has 15 heavy (non-hydrogen) atoms. The summed E-state index contributed by atoms with van der Waals surface area (Å²) in [4.78, 5) is 0. The van der Waals surface area contributed by atoms with E-state index in [1.807, 2.05) is 0 Å². The lowest BCUT2D eigenvalue weighted by Gasteiger charge is -2.21. The van der Waals surface area contributed by atoms with E-state index in [1.54, 1.807) is 7.11 Å². The largest absolute Gasteiger partial charge is 0.385 e. The molecule has 1 rings (SSSR count). The average molecular weight is 213 g/mol. The van der Waals surface area contributed by atoms with E-state index < -0.39 is 0 Å². The number of nitrogens with one attached hydrogen (secondary N) is 1. The van der Waals surface area contributed by atoms with Crippen LogP contribution in [0.1, 0.15) is 46.0 Å². The molecule has 1 fully saturated rings. The molecule has 0 aromatic rings. The Balaban J connectivity index is 2.05. The Hall–Kier alpha value is -0.0800. The van der Waals surface area contributed by atoms with Crippen LogP contribution in [0, 0.1) is 11.8 Å². The van der Waals surface area contributed by atoms with E-state index in [4.69, 9.17) is 4.74 Å². The zero-order chi connectivity index (χ0) is 11.1. The smallest absolute Gasteiger partial charge is 0.0462 e. The number of rotatable bonds is 9. The van der Waals surface area contributed by atoms with E-state index in [0.29, 0.717) is 0 Å². The van der Waals surface area contributed by atoms with Crippen molar-refractivity contribution in [2.45, 2.75) is 52.0 Å². The molecule has 1 unspecified atom stereocenters. The van der Waals surface area contributed by atoms with Crippen molar-refractivity contribution in [3.63, 3.8) is 0 Å². The van der Waals surface area contributed by atoms with E-state index in [2.05, 4.69) is 19.2 Å². The molecule has 2 heteroatoms. The fourth-order valence-corrected chi connectivity index (χ4v) is 1.93. The fourth-order valence-electron chi connectivity index (χ4n) is 1.93. The van der Waals surface area contributed by atoms with Crippen LogP contribution in [-0.2, 0) is 4.74 Å². The average Bonchev–Trinajstić information content (AvgIpc) is 3.00. The first-order valence-corrected chi connectivity index (χ1v) is 6.46. The van der Waals surface area contributed by atoms with Crippen LogP contribution >= 0.6 is 0 Å². The van der Waals surface area contributed by atoms with Gasteiger partial charge in [0.15, 0.2) is 0 Å². The summed E-state index contributed by atoms with van der Waals surface area (Å²) in [5.74, 6) is 1.65. The molecule has 1 saturated carbocycles.